The van der Waals surface area contributed by atoms with E-state index in [9.17, 15) is 4.79 Å². The van der Waals surface area contributed by atoms with Crippen LogP contribution in [0.3, 0.4) is 0 Å². The SMILES string of the molecule is Cc1nc2nc3ccn(CC4CCCO4)c(=O)c3c(-c3ccccc3Cl)n2n1. The van der Waals surface area contributed by atoms with Crippen molar-refractivity contribution in [2.45, 2.75) is 32.4 Å². The Bertz CT molecular complexity index is 1260. The van der Waals surface area contributed by atoms with E-state index in [1.54, 1.807) is 28.3 Å². The van der Waals surface area contributed by atoms with Crippen molar-refractivity contribution in [2.24, 2.45) is 0 Å². The summed E-state index contributed by atoms with van der Waals surface area (Å²) in [5, 5.41) is 5.48. The Labute approximate surface area is 165 Å². The summed E-state index contributed by atoms with van der Waals surface area (Å²) < 4.78 is 9.01. The Kier molecular flexibility index (Phi) is 4.14. The smallest absolute Gasteiger partial charge is 0.262 e. The van der Waals surface area contributed by atoms with Gasteiger partial charge in [0.1, 0.15) is 5.82 Å². The summed E-state index contributed by atoms with van der Waals surface area (Å²) in [6.45, 7) is 3.06. The highest BCUT2D eigenvalue weighted by Gasteiger charge is 2.21. The first-order valence-corrected chi connectivity index (χ1v) is 9.62. The zero-order valence-corrected chi connectivity index (χ0v) is 16.1. The molecule has 142 valence electrons. The van der Waals surface area contributed by atoms with Gasteiger partial charge in [-0.3, -0.25) is 4.79 Å². The Morgan fingerprint density at radius 3 is 2.89 bits per heavy atom. The number of rotatable bonds is 3. The third kappa shape index (κ3) is 2.78. The Hall–Kier alpha value is -2.77. The summed E-state index contributed by atoms with van der Waals surface area (Å²) in [7, 11) is 0. The van der Waals surface area contributed by atoms with Crippen LogP contribution in [0, 0.1) is 6.92 Å². The first-order valence-electron chi connectivity index (χ1n) is 9.25. The van der Waals surface area contributed by atoms with Gasteiger partial charge < -0.3 is 9.30 Å². The largest absolute Gasteiger partial charge is 0.376 e. The van der Waals surface area contributed by atoms with Crippen LogP contribution < -0.4 is 5.56 Å². The van der Waals surface area contributed by atoms with E-state index >= 15 is 0 Å². The fraction of sp³-hybridized carbons (Fsp3) is 0.300. The molecule has 0 radical (unpaired) electrons. The monoisotopic (exact) mass is 395 g/mol. The van der Waals surface area contributed by atoms with Crippen molar-refractivity contribution in [3.05, 3.63) is 57.7 Å². The van der Waals surface area contributed by atoms with Gasteiger partial charge in [0.25, 0.3) is 11.3 Å². The maximum Gasteiger partial charge on any atom is 0.262 e. The van der Waals surface area contributed by atoms with Crippen LogP contribution in [0.1, 0.15) is 18.7 Å². The fourth-order valence-corrected chi connectivity index (χ4v) is 4.00. The topological polar surface area (TPSA) is 74.3 Å². The Morgan fingerprint density at radius 2 is 2.11 bits per heavy atom. The van der Waals surface area contributed by atoms with Crippen molar-refractivity contribution in [1.82, 2.24) is 24.1 Å². The summed E-state index contributed by atoms with van der Waals surface area (Å²) in [4.78, 5) is 22.4. The van der Waals surface area contributed by atoms with E-state index in [0.29, 0.717) is 39.8 Å². The predicted octanol–water partition coefficient (Wildman–Crippen LogP) is 3.25. The van der Waals surface area contributed by atoms with Gasteiger partial charge >= 0.3 is 0 Å². The highest BCUT2D eigenvalue weighted by Crippen LogP contribution is 2.31. The lowest BCUT2D eigenvalue weighted by Gasteiger charge is -2.14. The normalized spacial score (nSPS) is 17.0. The molecule has 1 aliphatic rings. The molecule has 1 aromatic carbocycles. The molecule has 4 aromatic rings. The van der Waals surface area contributed by atoms with Crippen molar-refractivity contribution in [1.29, 1.82) is 0 Å². The van der Waals surface area contributed by atoms with Crippen LogP contribution in [0.5, 0.6) is 0 Å². The van der Waals surface area contributed by atoms with Gasteiger partial charge in [0.2, 0.25) is 0 Å². The lowest BCUT2D eigenvalue weighted by molar-refractivity contribution is 0.0963. The maximum absolute atomic E-state index is 13.4. The molecule has 1 atom stereocenters. The van der Waals surface area contributed by atoms with Gasteiger partial charge in [0.05, 0.1) is 29.2 Å². The summed E-state index contributed by atoms with van der Waals surface area (Å²) >= 11 is 6.49. The number of pyridine rings is 1. The minimum Gasteiger partial charge on any atom is -0.376 e. The number of aromatic nitrogens is 5. The van der Waals surface area contributed by atoms with Crippen molar-refractivity contribution in [3.63, 3.8) is 0 Å². The van der Waals surface area contributed by atoms with Crippen LogP contribution in [0.25, 0.3) is 27.9 Å². The maximum atomic E-state index is 13.4. The van der Waals surface area contributed by atoms with Crippen molar-refractivity contribution < 1.29 is 4.74 Å². The lowest BCUT2D eigenvalue weighted by atomic mass is 10.1. The summed E-state index contributed by atoms with van der Waals surface area (Å²) in [5.41, 5.74) is 1.77. The molecule has 4 heterocycles. The molecule has 0 bridgehead atoms. The molecule has 8 heteroatoms. The second kappa shape index (κ2) is 6.68. The molecule has 1 unspecified atom stereocenters. The lowest BCUT2D eigenvalue weighted by Crippen LogP contribution is -2.27. The third-order valence-electron chi connectivity index (χ3n) is 5.06. The van der Waals surface area contributed by atoms with E-state index in [1.807, 2.05) is 24.3 Å². The number of aryl methyl sites for hydroxylation is 1. The van der Waals surface area contributed by atoms with Crippen LogP contribution in [0.4, 0.5) is 0 Å². The zero-order chi connectivity index (χ0) is 19.3. The minimum absolute atomic E-state index is 0.0595. The van der Waals surface area contributed by atoms with Gasteiger partial charge in [0.15, 0.2) is 0 Å². The van der Waals surface area contributed by atoms with E-state index in [1.165, 1.54) is 0 Å². The van der Waals surface area contributed by atoms with Crippen LogP contribution in [0.15, 0.2) is 41.3 Å². The molecule has 0 spiro atoms. The first-order chi connectivity index (χ1) is 13.6. The summed E-state index contributed by atoms with van der Waals surface area (Å²) in [6.07, 6.45) is 3.82. The predicted molar refractivity (Wildman–Crippen MR) is 107 cm³/mol. The van der Waals surface area contributed by atoms with Crippen molar-refractivity contribution in [3.8, 4) is 11.3 Å². The van der Waals surface area contributed by atoms with Crippen molar-refractivity contribution >= 4 is 28.3 Å². The highest BCUT2D eigenvalue weighted by molar-refractivity contribution is 6.33. The molecular weight excluding hydrogens is 378 g/mol. The van der Waals surface area contributed by atoms with Crippen LogP contribution in [0.2, 0.25) is 5.02 Å². The molecule has 0 N–H and O–H groups in total. The number of fused-ring (bicyclic) bond motifs is 2. The number of nitrogens with zero attached hydrogens (tertiary/aromatic N) is 5. The number of benzene rings is 1. The molecule has 1 saturated heterocycles. The highest BCUT2D eigenvalue weighted by atomic mass is 35.5. The molecule has 0 amide bonds. The number of halogens is 1. The average Bonchev–Trinajstić information content (AvgIpc) is 3.31. The van der Waals surface area contributed by atoms with Gasteiger partial charge in [-0.25, -0.2) is 4.98 Å². The Morgan fingerprint density at radius 1 is 1.25 bits per heavy atom. The molecule has 5 rings (SSSR count). The molecular formula is C20H18ClN5O2. The average molecular weight is 396 g/mol. The zero-order valence-electron chi connectivity index (χ0n) is 15.3. The Balaban J connectivity index is 1.84. The van der Waals surface area contributed by atoms with Gasteiger partial charge in [-0.2, -0.15) is 9.50 Å². The molecule has 28 heavy (non-hydrogen) atoms. The molecule has 7 nitrogen and oxygen atoms in total. The molecule has 1 aliphatic heterocycles. The number of hydrogen-bond donors (Lipinski definition) is 0. The van der Waals surface area contributed by atoms with E-state index in [2.05, 4.69) is 15.1 Å². The number of ether oxygens (including phenoxy) is 1. The third-order valence-corrected chi connectivity index (χ3v) is 5.39. The van der Waals surface area contributed by atoms with E-state index < -0.39 is 0 Å². The standard InChI is InChI=1S/C20H18ClN5O2/c1-12-22-20-23-16-8-9-25(11-13-5-4-10-28-13)19(27)17(16)18(26(20)24-12)14-6-2-3-7-15(14)21/h2-3,6-9,13H,4-5,10-11H2,1H3. The quantitative estimate of drug-likeness (QED) is 0.532. The summed E-state index contributed by atoms with van der Waals surface area (Å²) in [5.74, 6) is 1.02. The van der Waals surface area contributed by atoms with Crippen molar-refractivity contribution in [2.75, 3.05) is 6.61 Å². The van der Waals surface area contributed by atoms with Gasteiger partial charge in [-0.05, 0) is 31.9 Å². The molecule has 0 saturated carbocycles. The minimum atomic E-state index is -0.134. The first kappa shape index (κ1) is 17.3. The van der Waals surface area contributed by atoms with Gasteiger partial charge in [0, 0.05) is 23.4 Å². The summed E-state index contributed by atoms with van der Waals surface area (Å²) in [6, 6.07) is 9.26. The van der Waals surface area contributed by atoms with Crippen LogP contribution in [-0.2, 0) is 11.3 Å². The van der Waals surface area contributed by atoms with Gasteiger partial charge in [-0.1, -0.05) is 29.8 Å². The van der Waals surface area contributed by atoms with Crippen LogP contribution in [-0.4, -0.2) is 36.9 Å². The van der Waals surface area contributed by atoms with Gasteiger partial charge in [-0.15, -0.1) is 5.10 Å². The second-order valence-corrected chi connectivity index (χ2v) is 7.39. The fourth-order valence-electron chi connectivity index (χ4n) is 3.77. The number of hydrogen-bond acceptors (Lipinski definition) is 5. The van der Waals surface area contributed by atoms with E-state index in [4.69, 9.17) is 16.3 Å². The van der Waals surface area contributed by atoms with E-state index in [-0.39, 0.29) is 11.7 Å². The van der Waals surface area contributed by atoms with E-state index in [0.717, 1.165) is 25.0 Å². The second-order valence-electron chi connectivity index (χ2n) is 6.98. The molecule has 1 fully saturated rings. The van der Waals surface area contributed by atoms with Crippen LogP contribution >= 0.6 is 11.6 Å². The molecule has 3 aromatic heterocycles. The molecule has 0 aliphatic carbocycles.